The number of anilines is 1. The van der Waals surface area contributed by atoms with E-state index in [1.807, 2.05) is 18.4 Å². The molecule has 0 saturated carbocycles. The molecule has 0 spiro atoms. The molecule has 2 aromatic rings. The molecule has 1 aliphatic heterocycles. The van der Waals surface area contributed by atoms with Gasteiger partial charge >= 0.3 is 0 Å². The first-order valence-electron chi connectivity index (χ1n) is 7.12. The molecule has 0 fully saturated rings. The first kappa shape index (κ1) is 15.8. The summed E-state index contributed by atoms with van der Waals surface area (Å²) in [6.45, 7) is 3.04. The van der Waals surface area contributed by atoms with Gasteiger partial charge < -0.3 is 9.47 Å². The lowest BCUT2D eigenvalue weighted by atomic mass is 10.2. The Morgan fingerprint density at radius 2 is 2.22 bits per heavy atom. The Morgan fingerprint density at radius 1 is 1.39 bits per heavy atom. The molecule has 2 heterocycles. The second-order valence-electron chi connectivity index (χ2n) is 5.00. The van der Waals surface area contributed by atoms with Gasteiger partial charge in [0.1, 0.15) is 0 Å². The molecule has 1 aromatic carbocycles. The minimum Gasteiger partial charge on any atom is -0.489 e. The lowest BCUT2D eigenvalue weighted by molar-refractivity contribution is -0.111. The van der Waals surface area contributed by atoms with Crippen LogP contribution in [0.25, 0.3) is 6.08 Å². The van der Waals surface area contributed by atoms with Crippen molar-refractivity contribution in [3.8, 4) is 11.5 Å². The summed E-state index contributed by atoms with van der Waals surface area (Å²) in [5.41, 5.74) is 1.65. The fraction of sp³-hybridized carbons (Fsp3) is 0.250. The van der Waals surface area contributed by atoms with Crippen LogP contribution in [0.5, 0.6) is 11.5 Å². The smallest absolute Gasteiger partial charge is 0.250 e. The molecule has 0 bridgehead atoms. The van der Waals surface area contributed by atoms with Crippen molar-refractivity contribution in [3.05, 3.63) is 39.9 Å². The second-order valence-corrected chi connectivity index (χ2v) is 6.26. The highest BCUT2D eigenvalue weighted by Gasteiger charge is 2.15. The van der Waals surface area contributed by atoms with Gasteiger partial charge in [0, 0.05) is 17.9 Å². The quantitative estimate of drug-likeness (QED) is 0.852. The fourth-order valence-corrected chi connectivity index (χ4v) is 3.04. The topological polar surface area (TPSA) is 60.5 Å². The minimum atomic E-state index is -0.248. The molecule has 1 aliphatic rings. The lowest BCUT2D eigenvalue weighted by Gasteiger charge is -2.09. The molecular weight excluding hydrogens is 336 g/mol. The minimum absolute atomic E-state index is 0.248. The Bertz CT molecular complexity index is 758. The number of hydrogen-bond donors (Lipinski definition) is 1. The molecule has 1 amide bonds. The van der Waals surface area contributed by atoms with Gasteiger partial charge in [-0.05, 0) is 30.7 Å². The number of benzene rings is 1. The summed E-state index contributed by atoms with van der Waals surface area (Å²) in [4.78, 5) is 16.1. The highest BCUT2D eigenvalue weighted by Crippen LogP contribution is 2.38. The number of rotatable bonds is 3. The SMILES string of the molecule is Cc1csc(NC(=O)/C=C/c2cc(Cl)c3c(c2)OCCCO3)n1. The number of carbonyl (C=O) groups is 1. The summed E-state index contributed by atoms with van der Waals surface area (Å²) in [6, 6.07) is 3.55. The van der Waals surface area contributed by atoms with Crippen LogP contribution in [-0.4, -0.2) is 24.1 Å². The Labute approximate surface area is 142 Å². The predicted molar refractivity (Wildman–Crippen MR) is 91.6 cm³/mol. The first-order chi connectivity index (χ1) is 11.1. The molecule has 120 valence electrons. The monoisotopic (exact) mass is 350 g/mol. The summed E-state index contributed by atoms with van der Waals surface area (Å²) < 4.78 is 11.2. The molecule has 1 aromatic heterocycles. The first-order valence-corrected chi connectivity index (χ1v) is 8.38. The fourth-order valence-electron chi connectivity index (χ4n) is 2.08. The second kappa shape index (κ2) is 7.02. The molecule has 0 saturated heterocycles. The summed E-state index contributed by atoms with van der Waals surface area (Å²) in [5.74, 6) is 0.914. The maximum absolute atomic E-state index is 11.9. The maximum atomic E-state index is 11.9. The van der Waals surface area contributed by atoms with E-state index in [1.54, 1.807) is 12.1 Å². The van der Waals surface area contributed by atoms with Gasteiger partial charge in [-0.25, -0.2) is 4.98 Å². The van der Waals surface area contributed by atoms with Crippen molar-refractivity contribution in [2.75, 3.05) is 18.5 Å². The summed E-state index contributed by atoms with van der Waals surface area (Å²) in [6.07, 6.45) is 3.92. The van der Waals surface area contributed by atoms with Crippen molar-refractivity contribution >= 4 is 40.1 Å². The number of fused-ring (bicyclic) bond motifs is 1. The van der Waals surface area contributed by atoms with E-state index in [0.29, 0.717) is 34.9 Å². The zero-order chi connectivity index (χ0) is 16.2. The van der Waals surface area contributed by atoms with E-state index in [-0.39, 0.29) is 5.91 Å². The number of hydrogen-bond acceptors (Lipinski definition) is 5. The van der Waals surface area contributed by atoms with Crippen LogP contribution < -0.4 is 14.8 Å². The van der Waals surface area contributed by atoms with E-state index >= 15 is 0 Å². The average molecular weight is 351 g/mol. The van der Waals surface area contributed by atoms with Gasteiger partial charge in [0.15, 0.2) is 16.6 Å². The van der Waals surface area contributed by atoms with Crippen LogP contribution in [0.1, 0.15) is 17.7 Å². The number of aromatic nitrogens is 1. The Balaban J connectivity index is 1.73. The Hall–Kier alpha value is -2.05. The Morgan fingerprint density at radius 3 is 3.00 bits per heavy atom. The summed E-state index contributed by atoms with van der Waals surface area (Å²) in [5, 5.41) is 5.64. The van der Waals surface area contributed by atoms with Gasteiger partial charge in [-0.2, -0.15) is 0 Å². The molecule has 0 unspecified atom stereocenters. The van der Waals surface area contributed by atoms with Gasteiger partial charge in [-0.3, -0.25) is 10.1 Å². The molecule has 0 atom stereocenters. The van der Waals surface area contributed by atoms with Crippen molar-refractivity contribution in [1.29, 1.82) is 0 Å². The Kier molecular flexibility index (Phi) is 4.83. The van der Waals surface area contributed by atoms with Crippen molar-refractivity contribution in [2.24, 2.45) is 0 Å². The average Bonchev–Trinajstić information content (AvgIpc) is 2.78. The van der Waals surface area contributed by atoms with Crippen molar-refractivity contribution in [2.45, 2.75) is 13.3 Å². The van der Waals surface area contributed by atoms with Crippen molar-refractivity contribution < 1.29 is 14.3 Å². The van der Waals surface area contributed by atoms with Crippen LogP contribution in [0.15, 0.2) is 23.6 Å². The summed E-state index contributed by atoms with van der Waals surface area (Å²) >= 11 is 7.61. The number of ether oxygens (including phenoxy) is 2. The van der Waals surface area contributed by atoms with Crippen molar-refractivity contribution in [3.63, 3.8) is 0 Å². The molecule has 3 rings (SSSR count). The lowest BCUT2D eigenvalue weighted by Crippen LogP contribution is -2.07. The highest BCUT2D eigenvalue weighted by molar-refractivity contribution is 7.13. The van der Waals surface area contributed by atoms with E-state index in [4.69, 9.17) is 21.1 Å². The van der Waals surface area contributed by atoms with Crippen LogP contribution in [0.2, 0.25) is 5.02 Å². The summed E-state index contributed by atoms with van der Waals surface area (Å²) in [7, 11) is 0. The van der Waals surface area contributed by atoms with Crippen LogP contribution in [0.4, 0.5) is 5.13 Å². The molecule has 7 heteroatoms. The van der Waals surface area contributed by atoms with E-state index in [0.717, 1.165) is 17.7 Å². The molecule has 0 aliphatic carbocycles. The molecular formula is C16H15ClN2O3S. The number of aryl methyl sites for hydroxylation is 1. The van der Waals surface area contributed by atoms with Crippen LogP contribution in [0, 0.1) is 6.92 Å². The molecule has 0 radical (unpaired) electrons. The van der Waals surface area contributed by atoms with E-state index < -0.39 is 0 Å². The largest absolute Gasteiger partial charge is 0.489 e. The number of nitrogens with zero attached hydrogens (tertiary/aromatic N) is 1. The predicted octanol–water partition coefficient (Wildman–Crippen LogP) is 3.92. The van der Waals surface area contributed by atoms with Gasteiger partial charge in [0.25, 0.3) is 0 Å². The van der Waals surface area contributed by atoms with Crippen molar-refractivity contribution in [1.82, 2.24) is 4.98 Å². The van der Waals surface area contributed by atoms with Gasteiger partial charge in [0.2, 0.25) is 5.91 Å². The van der Waals surface area contributed by atoms with Gasteiger partial charge in [-0.15, -0.1) is 11.3 Å². The number of amides is 1. The third-order valence-corrected chi connectivity index (χ3v) is 4.26. The van der Waals surface area contributed by atoms with E-state index in [2.05, 4.69) is 10.3 Å². The number of nitrogens with one attached hydrogen (secondary N) is 1. The third-order valence-electron chi connectivity index (χ3n) is 3.10. The van der Waals surface area contributed by atoms with Gasteiger partial charge in [-0.1, -0.05) is 11.6 Å². The maximum Gasteiger partial charge on any atom is 0.250 e. The highest BCUT2D eigenvalue weighted by atomic mass is 35.5. The van der Waals surface area contributed by atoms with Gasteiger partial charge in [0.05, 0.1) is 23.9 Å². The van der Waals surface area contributed by atoms with E-state index in [9.17, 15) is 4.79 Å². The van der Waals surface area contributed by atoms with E-state index in [1.165, 1.54) is 17.4 Å². The standard InChI is InChI=1S/C16H15ClN2O3S/c1-10-9-23-16(18-10)19-14(20)4-3-11-7-12(17)15-13(8-11)21-5-2-6-22-15/h3-4,7-9H,2,5-6H2,1H3,(H,18,19,20)/b4-3+. The van der Waals surface area contributed by atoms with Crippen LogP contribution in [0.3, 0.4) is 0 Å². The number of thiazole rings is 1. The third kappa shape index (κ3) is 4.03. The number of halogens is 1. The zero-order valence-electron chi connectivity index (χ0n) is 12.5. The number of carbonyl (C=O) groups excluding carboxylic acids is 1. The molecule has 5 nitrogen and oxygen atoms in total. The molecule has 1 N–H and O–H groups in total. The zero-order valence-corrected chi connectivity index (χ0v) is 14.0. The van der Waals surface area contributed by atoms with Crippen LogP contribution in [-0.2, 0) is 4.79 Å². The normalized spacial score (nSPS) is 13.8. The molecule has 23 heavy (non-hydrogen) atoms. The van der Waals surface area contributed by atoms with Crippen LogP contribution >= 0.6 is 22.9 Å².